The molecule has 3 aliphatic carbocycles. The molecule has 3 aromatic rings. The van der Waals surface area contributed by atoms with Crippen LogP contribution >= 0.6 is 11.6 Å². The molecule has 3 atom stereocenters. The molecule has 3 aromatic carbocycles. The van der Waals surface area contributed by atoms with Gasteiger partial charge in [0, 0.05) is 11.8 Å². The van der Waals surface area contributed by atoms with E-state index in [-0.39, 0.29) is 23.7 Å². The van der Waals surface area contributed by atoms with Crippen molar-refractivity contribution in [3.8, 4) is 0 Å². The summed E-state index contributed by atoms with van der Waals surface area (Å²) in [5.41, 5.74) is 4.62. The number of anilines is 1. The van der Waals surface area contributed by atoms with E-state index in [1.165, 1.54) is 6.92 Å². The molecular weight excluding hydrogens is 492 g/mol. The van der Waals surface area contributed by atoms with Crippen molar-refractivity contribution < 1.29 is 23.9 Å². The Kier molecular flexibility index (Phi) is 5.60. The number of hydrogen-bond donors (Lipinski definition) is 1. The Bertz CT molecular complexity index is 1350. The molecule has 1 fully saturated rings. The number of hydrogen-bond acceptors (Lipinski definition) is 5. The molecule has 3 amide bonds. The van der Waals surface area contributed by atoms with E-state index in [0.717, 1.165) is 27.2 Å². The fraction of sp³-hybridized carbons (Fsp3) is 0.241. The smallest absolute Gasteiger partial charge is 0.329 e. The summed E-state index contributed by atoms with van der Waals surface area (Å²) < 4.78 is 5.19. The van der Waals surface area contributed by atoms with Crippen LogP contribution in [-0.2, 0) is 23.9 Å². The first kappa shape index (κ1) is 23.4. The van der Waals surface area contributed by atoms with Gasteiger partial charge in [-0.05, 0) is 41.3 Å². The third-order valence-electron chi connectivity index (χ3n) is 7.70. The molecule has 7 rings (SSSR count). The summed E-state index contributed by atoms with van der Waals surface area (Å²) in [7, 11) is 0. The topological polar surface area (TPSA) is 92.8 Å². The number of likely N-dealkylation sites (tertiary alicyclic amines) is 1. The third-order valence-corrected chi connectivity index (χ3v) is 8.03. The maximum atomic E-state index is 13.7. The number of benzene rings is 3. The monoisotopic (exact) mass is 514 g/mol. The molecule has 37 heavy (non-hydrogen) atoms. The normalized spacial score (nSPS) is 23.7. The highest BCUT2D eigenvalue weighted by Crippen LogP contribution is 2.61. The second-order valence-corrected chi connectivity index (χ2v) is 10.0. The molecule has 1 aliphatic heterocycles. The molecule has 0 aromatic heterocycles. The Labute approximate surface area is 218 Å². The van der Waals surface area contributed by atoms with Gasteiger partial charge in [-0.1, -0.05) is 72.3 Å². The van der Waals surface area contributed by atoms with E-state index in [0.29, 0.717) is 10.7 Å². The highest BCUT2D eigenvalue weighted by Gasteiger charge is 2.62. The van der Waals surface area contributed by atoms with Crippen molar-refractivity contribution in [2.75, 3.05) is 11.9 Å². The lowest BCUT2D eigenvalue weighted by molar-refractivity contribution is -0.159. The van der Waals surface area contributed by atoms with E-state index in [2.05, 4.69) is 5.32 Å². The van der Waals surface area contributed by atoms with Crippen LogP contribution in [0.25, 0.3) is 0 Å². The second kappa shape index (κ2) is 8.85. The number of amides is 3. The molecule has 1 N–H and O–H groups in total. The van der Waals surface area contributed by atoms with Crippen molar-refractivity contribution in [2.45, 2.75) is 24.8 Å². The third kappa shape index (κ3) is 3.56. The predicted molar refractivity (Wildman–Crippen MR) is 136 cm³/mol. The van der Waals surface area contributed by atoms with Crippen molar-refractivity contribution in [3.05, 3.63) is 100 Å². The van der Waals surface area contributed by atoms with Crippen LogP contribution in [0.15, 0.2) is 72.8 Å². The molecule has 186 valence electrons. The number of carbonyl (C=O) groups is 4. The maximum absolute atomic E-state index is 13.7. The Morgan fingerprint density at radius 1 is 0.838 bits per heavy atom. The number of nitrogens with one attached hydrogen (secondary N) is 1. The van der Waals surface area contributed by atoms with E-state index >= 15 is 0 Å². The Balaban J connectivity index is 1.22. The summed E-state index contributed by atoms with van der Waals surface area (Å²) in [5.74, 6) is -3.83. The van der Waals surface area contributed by atoms with Gasteiger partial charge in [-0.15, -0.1) is 0 Å². The molecule has 0 radical (unpaired) electrons. The van der Waals surface area contributed by atoms with Crippen LogP contribution < -0.4 is 5.32 Å². The Hall–Kier alpha value is -3.97. The Morgan fingerprint density at radius 2 is 1.30 bits per heavy atom. The first-order chi connectivity index (χ1) is 17.9. The first-order valence-corrected chi connectivity index (χ1v) is 12.5. The summed E-state index contributed by atoms with van der Waals surface area (Å²) in [4.78, 5) is 53.7. The average molecular weight is 515 g/mol. The number of para-hydroxylation sites is 1. The fourth-order valence-corrected chi connectivity index (χ4v) is 6.38. The number of esters is 1. The quantitative estimate of drug-likeness (QED) is 0.409. The second-order valence-electron chi connectivity index (χ2n) is 9.62. The van der Waals surface area contributed by atoms with Gasteiger partial charge >= 0.3 is 5.97 Å². The minimum atomic E-state index is -1.16. The van der Waals surface area contributed by atoms with Gasteiger partial charge in [0.15, 0.2) is 6.61 Å². The van der Waals surface area contributed by atoms with Crippen LogP contribution in [-0.4, -0.2) is 41.2 Å². The van der Waals surface area contributed by atoms with Crippen molar-refractivity contribution in [2.24, 2.45) is 11.8 Å². The average Bonchev–Trinajstić information content (AvgIpc) is 3.18. The SMILES string of the molecule is C[C@H](C(=O)OCC(=O)Nc1ccccc1Cl)N1C(=O)[C@@H]2C3c4ccccc4C(c4ccccc43)[C@H]2C1=O. The van der Waals surface area contributed by atoms with Gasteiger partial charge in [0.1, 0.15) is 6.04 Å². The number of nitrogens with zero attached hydrogens (tertiary/aromatic N) is 1. The van der Waals surface area contributed by atoms with E-state index in [4.69, 9.17) is 16.3 Å². The Morgan fingerprint density at radius 3 is 1.78 bits per heavy atom. The van der Waals surface area contributed by atoms with E-state index in [1.807, 2.05) is 48.5 Å². The number of ether oxygens (including phenoxy) is 1. The summed E-state index contributed by atoms with van der Waals surface area (Å²) >= 11 is 6.05. The lowest BCUT2D eigenvalue weighted by atomic mass is 9.55. The van der Waals surface area contributed by atoms with Crippen LogP contribution in [0.4, 0.5) is 5.69 Å². The fourth-order valence-electron chi connectivity index (χ4n) is 6.19. The van der Waals surface area contributed by atoms with Crippen molar-refractivity contribution in [1.82, 2.24) is 4.90 Å². The molecule has 1 saturated heterocycles. The molecule has 0 spiro atoms. The van der Waals surface area contributed by atoms with Gasteiger partial charge in [0.25, 0.3) is 5.91 Å². The van der Waals surface area contributed by atoms with Crippen molar-refractivity contribution in [1.29, 1.82) is 0 Å². The predicted octanol–water partition coefficient (Wildman–Crippen LogP) is 4.10. The van der Waals surface area contributed by atoms with Crippen LogP contribution in [0.5, 0.6) is 0 Å². The van der Waals surface area contributed by atoms with Gasteiger partial charge in [-0.2, -0.15) is 0 Å². The number of carbonyl (C=O) groups excluding carboxylic acids is 4. The molecule has 2 bridgehead atoms. The lowest BCUT2D eigenvalue weighted by Gasteiger charge is -2.45. The van der Waals surface area contributed by atoms with E-state index in [9.17, 15) is 19.2 Å². The van der Waals surface area contributed by atoms with Gasteiger partial charge < -0.3 is 10.1 Å². The maximum Gasteiger partial charge on any atom is 0.329 e. The van der Waals surface area contributed by atoms with Crippen molar-refractivity contribution >= 4 is 41.0 Å². The molecule has 8 heteroatoms. The highest BCUT2D eigenvalue weighted by atomic mass is 35.5. The van der Waals surface area contributed by atoms with Gasteiger partial charge in [-0.25, -0.2) is 4.79 Å². The van der Waals surface area contributed by atoms with Crippen molar-refractivity contribution in [3.63, 3.8) is 0 Å². The molecule has 0 unspecified atom stereocenters. The summed E-state index contributed by atoms with van der Waals surface area (Å²) in [6.07, 6.45) is 0. The minimum Gasteiger partial charge on any atom is -0.454 e. The summed E-state index contributed by atoms with van der Waals surface area (Å²) in [6, 6.07) is 21.4. The summed E-state index contributed by atoms with van der Waals surface area (Å²) in [5, 5.41) is 2.93. The van der Waals surface area contributed by atoms with Crippen LogP contribution in [0.3, 0.4) is 0 Å². The zero-order chi connectivity index (χ0) is 25.8. The summed E-state index contributed by atoms with van der Waals surface area (Å²) in [6.45, 7) is 0.892. The van der Waals surface area contributed by atoms with E-state index in [1.54, 1.807) is 24.3 Å². The number of rotatable bonds is 5. The molecular formula is C29H23ClN2O5. The molecule has 7 nitrogen and oxygen atoms in total. The standard InChI is InChI=1S/C29H23ClN2O5/c1-15(29(36)37-14-22(33)31-21-13-7-6-12-20(21)30)32-27(34)25-23-16-8-2-3-9-17(16)24(26(25)28(32)35)19-11-5-4-10-18(19)23/h2-13,15,23-26H,14H2,1H3,(H,31,33)/t15-,23?,24?,25-,26-/m1/s1. The van der Waals surface area contributed by atoms with Gasteiger partial charge in [0.2, 0.25) is 11.8 Å². The van der Waals surface area contributed by atoms with Gasteiger partial charge in [0.05, 0.1) is 22.5 Å². The number of imide groups is 1. The zero-order valence-corrected chi connectivity index (χ0v) is 20.6. The van der Waals surface area contributed by atoms with E-state index < -0.39 is 36.4 Å². The molecule has 4 aliphatic rings. The largest absolute Gasteiger partial charge is 0.454 e. The number of halogens is 1. The van der Waals surface area contributed by atoms with Crippen LogP contribution in [0.2, 0.25) is 5.02 Å². The van der Waals surface area contributed by atoms with Crippen LogP contribution in [0.1, 0.15) is 41.0 Å². The molecule has 0 saturated carbocycles. The lowest BCUT2D eigenvalue weighted by Crippen LogP contribution is -2.45. The highest BCUT2D eigenvalue weighted by molar-refractivity contribution is 6.33. The van der Waals surface area contributed by atoms with Gasteiger partial charge in [-0.3, -0.25) is 19.3 Å². The van der Waals surface area contributed by atoms with Crippen LogP contribution in [0, 0.1) is 11.8 Å². The first-order valence-electron chi connectivity index (χ1n) is 12.1. The zero-order valence-electron chi connectivity index (χ0n) is 19.9. The minimum absolute atomic E-state index is 0.256. The molecule has 1 heterocycles.